The van der Waals surface area contributed by atoms with E-state index < -0.39 is 0 Å². The van der Waals surface area contributed by atoms with Gasteiger partial charge in [-0.15, -0.1) is 0 Å². The zero-order valence-corrected chi connectivity index (χ0v) is 11.7. The molecule has 1 aromatic carbocycles. The van der Waals surface area contributed by atoms with E-state index in [0.717, 1.165) is 30.5 Å². The molecule has 0 bridgehead atoms. The van der Waals surface area contributed by atoms with E-state index in [1.165, 1.54) is 38.6 Å². The van der Waals surface area contributed by atoms with Crippen molar-refractivity contribution in [3.8, 4) is 0 Å². The smallest absolute Gasteiger partial charge is 0.0802 e. The van der Waals surface area contributed by atoms with Gasteiger partial charge in [-0.2, -0.15) is 0 Å². The lowest BCUT2D eigenvalue weighted by Gasteiger charge is -2.38. The van der Waals surface area contributed by atoms with Crippen LogP contribution < -0.4 is 0 Å². The Morgan fingerprint density at radius 2 is 1.89 bits per heavy atom. The van der Waals surface area contributed by atoms with Crippen LogP contribution in [0.3, 0.4) is 0 Å². The molecule has 1 saturated carbocycles. The fourth-order valence-electron chi connectivity index (χ4n) is 3.96. The maximum Gasteiger partial charge on any atom is 0.0802 e. The summed E-state index contributed by atoms with van der Waals surface area (Å²) in [5.41, 5.74) is 1.06. The summed E-state index contributed by atoms with van der Waals surface area (Å²) in [6, 6.07) is 10.9. The fraction of sp³-hybridized carbons (Fsp3) is 0.647. The van der Waals surface area contributed by atoms with Crippen molar-refractivity contribution in [3.63, 3.8) is 0 Å². The molecule has 1 aromatic rings. The number of rotatable bonds is 4. The molecule has 1 N–H and O–H groups in total. The lowest BCUT2D eigenvalue weighted by Crippen LogP contribution is -2.43. The van der Waals surface area contributed by atoms with Gasteiger partial charge in [-0.3, -0.25) is 0 Å². The van der Waals surface area contributed by atoms with Gasteiger partial charge in [-0.1, -0.05) is 36.8 Å². The first kappa shape index (κ1) is 13.1. The third-order valence-electron chi connectivity index (χ3n) is 4.98. The molecule has 3 rings (SSSR count). The van der Waals surface area contributed by atoms with Gasteiger partial charge in [-0.25, -0.2) is 0 Å². The number of hydrogen-bond donors (Lipinski definition) is 1. The largest absolute Gasteiger partial charge is 0.388 e. The Balaban J connectivity index is 1.54. The van der Waals surface area contributed by atoms with Gasteiger partial charge < -0.3 is 10.0 Å². The number of aliphatic hydroxyl groups excluding tert-OH is 1. The standard InChI is InChI=1S/C17H25NO/c19-17(15-6-2-1-3-7-15)11-13-18-12-5-9-14-8-4-10-16(14)18/h1-3,6-7,14,16-17,19H,4-5,8-13H2. The van der Waals surface area contributed by atoms with Gasteiger partial charge in [0.1, 0.15) is 0 Å². The van der Waals surface area contributed by atoms with E-state index in [4.69, 9.17) is 0 Å². The molecular weight excluding hydrogens is 234 g/mol. The van der Waals surface area contributed by atoms with E-state index in [1.807, 2.05) is 30.3 Å². The summed E-state index contributed by atoms with van der Waals surface area (Å²) >= 11 is 0. The molecule has 19 heavy (non-hydrogen) atoms. The average Bonchev–Trinajstić information content (AvgIpc) is 2.94. The number of likely N-dealkylation sites (tertiary alicyclic amines) is 1. The molecule has 3 unspecified atom stereocenters. The van der Waals surface area contributed by atoms with Gasteiger partial charge >= 0.3 is 0 Å². The van der Waals surface area contributed by atoms with E-state index in [-0.39, 0.29) is 6.10 Å². The molecule has 1 saturated heterocycles. The Morgan fingerprint density at radius 3 is 2.74 bits per heavy atom. The summed E-state index contributed by atoms with van der Waals surface area (Å²) in [6.07, 6.45) is 7.57. The van der Waals surface area contributed by atoms with E-state index >= 15 is 0 Å². The average molecular weight is 259 g/mol. The molecule has 104 valence electrons. The van der Waals surface area contributed by atoms with Crippen LogP contribution in [0.25, 0.3) is 0 Å². The number of fused-ring (bicyclic) bond motifs is 1. The van der Waals surface area contributed by atoms with Crippen LogP contribution in [0.4, 0.5) is 0 Å². The van der Waals surface area contributed by atoms with E-state index in [9.17, 15) is 5.11 Å². The highest BCUT2D eigenvalue weighted by atomic mass is 16.3. The van der Waals surface area contributed by atoms with Crippen LogP contribution in [-0.2, 0) is 0 Å². The normalized spacial score (nSPS) is 29.1. The van der Waals surface area contributed by atoms with Gasteiger partial charge in [0.05, 0.1) is 6.10 Å². The Bertz CT molecular complexity index is 392. The second-order valence-corrected chi connectivity index (χ2v) is 6.15. The van der Waals surface area contributed by atoms with Gasteiger partial charge in [0, 0.05) is 12.6 Å². The molecule has 2 fully saturated rings. The topological polar surface area (TPSA) is 23.5 Å². The van der Waals surface area contributed by atoms with Crippen LogP contribution in [0.1, 0.15) is 50.2 Å². The van der Waals surface area contributed by atoms with Crippen LogP contribution in [0.2, 0.25) is 0 Å². The number of aliphatic hydroxyl groups is 1. The number of piperidine rings is 1. The molecule has 1 aliphatic heterocycles. The summed E-state index contributed by atoms with van der Waals surface area (Å²) in [5.74, 6) is 0.947. The minimum absolute atomic E-state index is 0.303. The molecule has 2 aliphatic rings. The highest BCUT2D eigenvalue weighted by Crippen LogP contribution is 2.37. The SMILES string of the molecule is OC(CCN1CCCC2CCCC21)c1ccccc1. The quantitative estimate of drug-likeness (QED) is 0.896. The van der Waals surface area contributed by atoms with E-state index in [1.54, 1.807) is 0 Å². The molecule has 1 heterocycles. The van der Waals surface area contributed by atoms with Crippen LogP contribution in [0.15, 0.2) is 30.3 Å². The lowest BCUT2D eigenvalue weighted by atomic mass is 9.91. The maximum atomic E-state index is 10.3. The maximum absolute atomic E-state index is 10.3. The molecule has 0 aromatic heterocycles. The Kier molecular flexibility index (Phi) is 4.19. The summed E-state index contributed by atoms with van der Waals surface area (Å²) < 4.78 is 0. The first-order chi connectivity index (χ1) is 9.34. The molecule has 2 heteroatoms. The second-order valence-electron chi connectivity index (χ2n) is 6.15. The lowest BCUT2D eigenvalue weighted by molar-refractivity contribution is 0.0834. The predicted octanol–water partition coefficient (Wildman–Crippen LogP) is 3.37. The molecular formula is C17H25NO. The van der Waals surface area contributed by atoms with E-state index in [2.05, 4.69) is 4.90 Å². The Hall–Kier alpha value is -0.860. The van der Waals surface area contributed by atoms with E-state index in [0.29, 0.717) is 0 Å². The van der Waals surface area contributed by atoms with Crippen molar-refractivity contribution in [2.24, 2.45) is 5.92 Å². The molecule has 1 aliphatic carbocycles. The predicted molar refractivity (Wildman–Crippen MR) is 78.0 cm³/mol. The highest BCUT2D eigenvalue weighted by Gasteiger charge is 2.34. The van der Waals surface area contributed by atoms with Crippen molar-refractivity contribution in [2.75, 3.05) is 13.1 Å². The van der Waals surface area contributed by atoms with Gasteiger partial charge in [0.15, 0.2) is 0 Å². The summed E-state index contributed by atoms with van der Waals surface area (Å²) in [6.45, 7) is 2.29. The molecule has 3 atom stereocenters. The van der Waals surface area contributed by atoms with Crippen molar-refractivity contribution < 1.29 is 5.11 Å². The van der Waals surface area contributed by atoms with Gasteiger partial charge in [0.2, 0.25) is 0 Å². The second kappa shape index (κ2) is 6.06. The zero-order valence-electron chi connectivity index (χ0n) is 11.7. The number of nitrogens with zero attached hydrogens (tertiary/aromatic N) is 1. The van der Waals surface area contributed by atoms with Crippen molar-refractivity contribution in [2.45, 2.75) is 50.7 Å². The number of hydrogen-bond acceptors (Lipinski definition) is 2. The van der Waals surface area contributed by atoms with Crippen molar-refractivity contribution in [3.05, 3.63) is 35.9 Å². The molecule has 0 spiro atoms. The Morgan fingerprint density at radius 1 is 1.11 bits per heavy atom. The van der Waals surface area contributed by atoms with Crippen molar-refractivity contribution in [1.82, 2.24) is 4.90 Å². The third-order valence-corrected chi connectivity index (χ3v) is 4.98. The summed E-state index contributed by atoms with van der Waals surface area (Å²) in [5, 5.41) is 10.3. The molecule has 0 amide bonds. The van der Waals surface area contributed by atoms with Crippen LogP contribution in [0, 0.1) is 5.92 Å². The van der Waals surface area contributed by atoms with Crippen molar-refractivity contribution in [1.29, 1.82) is 0 Å². The zero-order chi connectivity index (χ0) is 13.1. The first-order valence-corrected chi connectivity index (χ1v) is 7.81. The Labute approximate surface area is 116 Å². The molecule has 2 nitrogen and oxygen atoms in total. The fourth-order valence-corrected chi connectivity index (χ4v) is 3.96. The van der Waals surface area contributed by atoms with Crippen LogP contribution in [-0.4, -0.2) is 29.1 Å². The minimum Gasteiger partial charge on any atom is -0.388 e. The summed E-state index contributed by atoms with van der Waals surface area (Å²) in [4.78, 5) is 2.65. The first-order valence-electron chi connectivity index (χ1n) is 7.81. The summed E-state index contributed by atoms with van der Waals surface area (Å²) in [7, 11) is 0. The molecule has 0 radical (unpaired) electrons. The highest BCUT2D eigenvalue weighted by molar-refractivity contribution is 5.17. The van der Waals surface area contributed by atoms with Crippen LogP contribution >= 0.6 is 0 Å². The third kappa shape index (κ3) is 3.01. The van der Waals surface area contributed by atoms with Gasteiger partial charge in [0.25, 0.3) is 0 Å². The van der Waals surface area contributed by atoms with Crippen LogP contribution in [0.5, 0.6) is 0 Å². The minimum atomic E-state index is -0.303. The monoisotopic (exact) mass is 259 g/mol. The van der Waals surface area contributed by atoms with Crippen molar-refractivity contribution >= 4 is 0 Å². The number of benzene rings is 1. The van der Waals surface area contributed by atoms with Gasteiger partial charge in [-0.05, 0) is 50.1 Å².